The normalized spacial score (nSPS) is 11.3. The van der Waals surface area contributed by atoms with Gasteiger partial charge in [-0.2, -0.15) is 0 Å². The molecule has 0 atom stereocenters. The van der Waals surface area contributed by atoms with Gasteiger partial charge in [-0.3, -0.25) is 19.7 Å². The van der Waals surface area contributed by atoms with Crippen LogP contribution in [0.3, 0.4) is 0 Å². The summed E-state index contributed by atoms with van der Waals surface area (Å²) < 4.78 is 0. The fourth-order valence-electron chi connectivity index (χ4n) is 4.21. The van der Waals surface area contributed by atoms with E-state index in [4.69, 9.17) is 0 Å². The highest BCUT2D eigenvalue weighted by Gasteiger charge is 2.17. The van der Waals surface area contributed by atoms with Crippen LogP contribution in [0.5, 0.6) is 0 Å². The van der Waals surface area contributed by atoms with E-state index in [1.54, 1.807) is 0 Å². The van der Waals surface area contributed by atoms with Gasteiger partial charge < -0.3 is 5.32 Å². The molecule has 0 unspecified atom stereocenters. The first-order chi connectivity index (χ1) is 17.8. The van der Waals surface area contributed by atoms with Crippen molar-refractivity contribution in [3.05, 3.63) is 144 Å². The van der Waals surface area contributed by atoms with E-state index >= 15 is 0 Å². The average molecular weight is 477 g/mol. The second kappa shape index (κ2) is 13.7. The highest BCUT2D eigenvalue weighted by Crippen LogP contribution is 2.27. The predicted octanol–water partition coefficient (Wildman–Crippen LogP) is 5.37. The molecule has 0 saturated carbocycles. The Kier molecular flexibility index (Phi) is 9.53. The van der Waals surface area contributed by atoms with Crippen LogP contribution in [-0.4, -0.2) is 33.9 Å². The van der Waals surface area contributed by atoms with Crippen LogP contribution in [0.4, 0.5) is 0 Å². The van der Waals surface area contributed by atoms with E-state index in [0.29, 0.717) is 13.0 Å². The van der Waals surface area contributed by atoms with Crippen LogP contribution in [0.1, 0.15) is 34.6 Å². The SMILES string of the molecule is O=C(CC(c1ccccc1)c1ccccc1)NCC=CCN(Cc1ccncc1)Cc1ccncc1. The highest BCUT2D eigenvalue weighted by atomic mass is 16.1. The number of rotatable bonds is 12. The van der Waals surface area contributed by atoms with Gasteiger partial charge in [-0.15, -0.1) is 0 Å². The molecule has 5 heteroatoms. The number of amides is 1. The predicted molar refractivity (Wildman–Crippen MR) is 144 cm³/mol. The standard InChI is InChI=1S/C31H32N4O/c36-31(23-30(28-9-3-1-4-10-28)29-11-5-2-6-12-29)34-17-7-8-22-35(24-26-13-18-32-19-14-26)25-27-15-20-33-21-16-27/h1-16,18-21,30H,17,22-25H2,(H,34,36). The Bertz CT molecular complexity index is 1120. The quantitative estimate of drug-likeness (QED) is 0.279. The zero-order chi connectivity index (χ0) is 24.8. The molecule has 36 heavy (non-hydrogen) atoms. The van der Waals surface area contributed by atoms with Gasteiger partial charge in [-0.25, -0.2) is 0 Å². The Morgan fingerprint density at radius 3 is 1.72 bits per heavy atom. The maximum atomic E-state index is 12.8. The molecule has 0 fully saturated rings. The lowest BCUT2D eigenvalue weighted by atomic mass is 9.88. The largest absolute Gasteiger partial charge is 0.353 e. The van der Waals surface area contributed by atoms with Crippen LogP contribution >= 0.6 is 0 Å². The molecule has 0 spiro atoms. The van der Waals surface area contributed by atoms with Crippen molar-refractivity contribution >= 4 is 5.91 Å². The number of carbonyl (C=O) groups excluding carboxylic acids is 1. The number of hydrogen-bond donors (Lipinski definition) is 1. The topological polar surface area (TPSA) is 58.1 Å². The summed E-state index contributed by atoms with van der Waals surface area (Å²) in [7, 11) is 0. The summed E-state index contributed by atoms with van der Waals surface area (Å²) in [6, 6.07) is 28.6. The lowest BCUT2D eigenvalue weighted by Crippen LogP contribution is -2.26. The zero-order valence-corrected chi connectivity index (χ0v) is 20.4. The van der Waals surface area contributed by atoms with E-state index in [9.17, 15) is 4.79 Å². The number of nitrogens with one attached hydrogen (secondary N) is 1. The molecule has 1 N–H and O–H groups in total. The van der Waals surface area contributed by atoms with E-state index in [1.807, 2.05) is 91.5 Å². The minimum Gasteiger partial charge on any atom is -0.353 e. The van der Waals surface area contributed by atoms with E-state index in [1.165, 1.54) is 11.1 Å². The maximum Gasteiger partial charge on any atom is 0.221 e. The van der Waals surface area contributed by atoms with Crippen molar-refractivity contribution in [2.75, 3.05) is 13.1 Å². The van der Waals surface area contributed by atoms with Gasteiger partial charge in [0.2, 0.25) is 5.91 Å². The lowest BCUT2D eigenvalue weighted by molar-refractivity contribution is -0.121. The van der Waals surface area contributed by atoms with Crippen LogP contribution in [0.15, 0.2) is 122 Å². The fourth-order valence-corrected chi connectivity index (χ4v) is 4.21. The van der Waals surface area contributed by atoms with Crippen molar-refractivity contribution in [2.24, 2.45) is 0 Å². The van der Waals surface area contributed by atoms with Gasteiger partial charge in [0.15, 0.2) is 0 Å². The molecule has 4 aromatic rings. The highest BCUT2D eigenvalue weighted by molar-refractivity contribution is 5.77. The molecule has 0 aliphatic carbocycles. The summed E-state index contributed by atoms with van der Waals surface area (Å²) in [4.78, 5) is 23.4. The van der Waals surface area contributed by atoms with Gasteiger partial charge in [0.05, 0.1) is 0 Å². The summed E-state index contributed by atoms with van der Waals surface area (Å²) in [5, 5.41) is 3.07. The van der Waals surface area contributed by atoms with E-state index in [0.717, 1.165) is 30.8 Å². The number of benzene rings is 2. The Morgan fingerprint density at radius 1 is 0.722 bits per heavy atom. The van der Waals surface area contributed by atoms with Gasteiger partial charge in [-0.1, -0.05) is 72.8 Å². The summed E-state index contributed by atoms with van der Waals surface area (Å²) in [5.74, 6) is 0.0791. The van der Waals surface area contributed by atoms with Crippen LogP contribution in [0.2, 0.25) is 0 Å². The van der Waals surface area contributed by atoms with Crippen molar-refractivity contribution in [1.82, 2.24) is 20.2 Å². The molecule has 5 nitrogen and oxygen atoms in total. The lowest BCUT2D eigenvalue weighted by Gasteiger charge is -2.21. The van der Waals surface area contributed by atoms with Gasteiger partial charge in [0, 0.05) is 63.3 Å². The fraction of sp³-hybridized carbons (Fsp3) is 0.194. The van der Waals surface area contributed by atoms with Gasteiger partial charge >= 0.3 is 0 Å². The third-order valence-corrected chi connectivity index (χ3v) is 6.05. The molecular formula is C31H32N4O. The molecule has 0 aliphatic heterocycles. The third kappa shape index (κ3) is 8.00. The van der Waals surface area contributed by atoms with Gasteiger partial charge in [0.25, 0.3) is 0 Å². The first-order valence-corrected chi connectivity index (χ1v) is 12.3. The number of nitrogens with zero attached hydrogens (tertiary/aromatic N) is 3. The third-order valence-electron chi connectivity index (χ3n) is 6.05. The van der Waals surface area contributed by atoms with Crippen molar-refractivity contribution in [3.63, 3.8) is 0 Å². The van der Waals surface area contributed by atoms with Crippen molar-refractivity contribution in [1.29, 1.82) is 0 Å². The Labute approximate surface area is 213 Å². The minimum absolute atomic E-state index is 0.0348. The molecule has 0 radical (unpaired) electrons. The molecule has 2 aromatic carbocycles. The molecule has 182 valence electrons. The average Bonchev–Trinajstić information content (AvgIpc) is 2.93. The first-order valence-electron chi connectivity index (χ1n) is 12.3. The second-order valence-electron chi connectivity index (χ2n) is 8.73. The molecule has 2 heterocycles. The molecular weight excluding hydrogens is 444 g/mol. The summed E-state index contributed by atoms with van der Waals surface area (Å²) in [6.45, 7) is 2.92. The van der Waals surface area contributed by atoms with Gasteiger partial charge in [0.1, 0.15) is 0 Å². The molecule has 0 saturated heterocycles. The molecule has 2 aromatic heterocycles. The number of hydrogen-bond acceptors (Lipinski definition) is 4. The summed E-state index contributed by atoms with van der Waals surface area (Å²) in [5.41, 5.74) is 4.73. The van der Waals surface area contributed by atoms with Crippen molar-refractivity contribution in [2.45, 2.75) is 25.4 Å². The van der Waals surface area contributed by atoms with Crippen molar-refractivity contribution < 1.29 is 4.79 Å². The molecule has 0 aliphatic rings. The van der Waals surface area contributed by atoms with Gasteiger partial charge in [-0.05, 0) is 46.5 Å². The minimum atomic E-state index is 0.0348. The van der Waals surface area contributed by atoms with E-state index in [2.05, 4.69) is 50.5 Å². The molecule has 1 amide bonds. The van der Waals surface area contributed by atoms with Crippen molar-refractivity contribution in [3.8, 4) is 0 Å². The monoisotopic (exact) mass is 476 g/mol. The number of pyridine rings is 2. The number of aromatic nitrogens is 2. The first kappa shape index (κ1) is 25.0. The summed E-state index contributed by atoms with van der Waals surface area (Å²) in [6.07, 6.45) is 11.9. The maximum absolute atomic E-state index is 12.8. The summed E-state index contributed by atoms with van der Waals surface area (Å²) >= 11 is 0. The Morgan fingerprint density at radius 2 is 1.22 bits per heavy atom. The van der Waals surface area contributed by atoms with E-state index in [-0.39, 0.29) is 11.8 Å². The smallest absolute Gasteiger partial charge is 0.221 e. The van der Waals surface area contributed by atoms with Crippen LogP contribution in [0.25, 0.3) is 0 Å². The van der Waals surface area contributed by atoms with Crippen LogP contribution in [0, 0.1) is 0 Å². The molecule has 4 rings (SSSR count). The van der Waals surface area contributed by atoms with Crippen LogP contribution in [-0.2, 0) is 17.9 Å². The number of carbonyl (C=O) groups is 1. The van der Waals surface area contributed by atoms with Crippen LogP contribution < -0.4 is 5.32 Å². The van der Waals surface area contributed by atoms with E-state index < -0.39 is 0 Å². The Balaban J connectivity index is 1.31. The Hall–Kier alpha value is -4.09. The second-order valence-corrected chi connectivity index (χ2v) is 8.73. The zero-order valence-electron chi connectivity index (χ0n) is 20.4. The molecule has 0 bridgehead atoms.